The number of anilines is 1. The van der Waals surface area contributed by atoms with E-state index >= 15 is 0 Å². The number of hydrogen-bond donors (Lipinski definition) is 2. The summed E-state index contributed by atoms with van der Waals surface area (Å²) in [6.45, 7) is 9.52. The van der Waals surface area contributed by atoms with Crippen LogP contribution in [0.3, 0.4) is 0 Å². The number of fused-ring (bicyclic) bond motifs is 1. The number of rotatable bonds is 3. The standard InChI is InChI=1S/C15H20BrN5O2.C2HF3O2/c1-9(2)20-11-8-10(3)12(16)14(21(22)23)13(11)18-15(20)19-6-4-17-5-7-19;3-2(4,5)1(6)7/h8-9,17H,4-7H2,1-3H3;(H,6,7). The zero-order valence-electron chi connectivity index (χ0n) is 16.5. The van der Waals surface area contributed by atoms with Gasteiger partial charge in [-0.2, -0.15) is 13.2 Å². The van der Waals surface area contributed by atoms with E-state index in [2.05, 4.69) is 49.5 Å². The molecule has 0 bridgehead atoms. The average Bonchev–Trinajstić information content (AvgIpc) is 3.01. The second-order valence-corrected chi connectivity index (χ2v) is 7.69. The van der Waals surface area contributed by atoms with E-state index in [1.54, 1.807) is 0 Å². The fourth-order valence-corrected chi connectivity index (χ4v) is 3.51. The summed E-state index contributed by atoms with van der Waals surface area (Å²) in [6.07, 6.45) is -5.08. The molecule has 0 atom stereocenters. The Balaban J connectivity index is 0.000000396. The highest BCUT2D eigenvalue weighted by Crippen LogP contribution is 2.39. The maximum atomic E-state index is 11.6. The molecule has 13 heteroatoms. The number of alkyl halides is 3. The van der Waals surface area contributed by atoms with Crippen molar-refractivity contribution in [3.8, 4) is 0 Å². The molecule has 30 heavy (non-hydrogen) atoms. The summed E-state index contributed by atoms with van der Waals surface area (Å²) in [6, 6.07) is 2.15. The maximum Gasteiger partial charge on any atom is 0.490 e. The summed E-state index contributed by atoms with van der Waals surface area (Å²) in [7, 11) is 0. The van der Waals surface area contributed by atoms with Crippen LogP contribution in [0.1, 0.15) is 25.5 Å². The fraction of sp³-hybridized carbons (Fsp3) is 0.529. The Morgan fingerprint density at radius 2 is 1.90 bits per heavy atom. The van der Waals surface area contributed by atoms with Crippen LogP contribution in [-0.4, -0.2) is 57.9 Å². The second kappa shape index (κ2) is 9.16. The van der Waals surface area contributed by atoms with E-state index in [9.17, 15) is 23.3 Å². The Kier molecular flexibility index (Phi) is 7.29. The third-order valence-corrected chi connectivity index (χ3v) is 5.40. The number of carboxylic acids is 1. The third kappa shape index (κ3) is 5.01. The number of aromatic nitrogens is 2. The summed E-state index contributed by atoms with van der Waals surface area (Å²) in [4.78, 5) is 27.0. The van der Waals surface area contributed by atoms with Crippen LogP contribution in [0.5, 0.6) is 0 Å². The number of aryl methyl sites for hydroxylation is 1. The highest BCUT2D eigenvalue weighted by atomic mass is 79.9. The SMILES string of the molecule is Cc1cc2c(nc(N3CCNCC3)n2C(C)C)c([N+](=O)[O-])c1Br.O=C(O)C(F)(F)F. The van der Waals surface area contributed by atoms with E-state index in [1.807, 2.05) is 13.0 Å². The molecule has 0 spiro atoms. The average molecular weight is 496 g/mol. The number of imidazole rings is 1. The van der Waals surface area contributed by atoms with Crippen molar-refractivity contribution in [2.45, 2.75) is 33.0 Å². The Hall–Kier alpha value is -2.41. The Morgan fingerprint density at radius 1 is 1.37 bits per heavy atom. The second-order valence-electron chi connectivity index (χ2n) is 6.90. The van der Waals surface area contributed by atoms with E-state index in [1.165, 1.54) is 0 Å². The van der Waals surface area contributed by atoms with Gasteiger partial charge in [0.25, 0.3) is 0 Å². The van der Waals surface area contributed by atoms with E-state index in [0.717, 1.165) is 43.2 Å². The van der Waals surface area contributed by atoms with Gasteiger partial charge in [0.15, 0.2) is 5.52 Å². The molecule has 3 rings (SSSR count). The number of piperazine rings is 1. The van der Waals surface area contributed by atoms with Crippen molar-refractivity contribution in [3.63, 3.8) is 0 Å². The summed E-state index contributed by atoms with van der Waals surface area (Å²) < 4.78 is 34.3. The van der Waals surface area contributed by atoms with Gasteiger partial charge in [0.1, 0.15) is 4.47 Å². The van der Waals surface area contributed by atoms with Gasteiger partial charge in [-0.25, -0.2) is 9.78 Å². The van der Waals surface area contributed by atoms with Crippen LogP contribution in [0.15, 0.2) is 10.5 Å². The highest BCUT2D eigenvalue weighted by molar-refractivity contribution is 9.10. The molecule has 1 saturated heterocycles. The normalized spacial score (nSPS) is 14.6. The van der Waals surface area contributed by atoms with Crippen molar-refractivity contribution in [2.75, 3.05) is 31.1 Å². The minimum absolute atomic E-state index is 0.0517. The number of nitrogens with zero attached hydrogens (tertiary/aromatic N) is 4. The lowest BCUT2D eigenvalue weighted by atomic mass is 10.2. The molecular weight excluding hydrogens is 475 g/mol. The quantitative estimate of drug-likeness (QED) is 0.493. The minimum Gasteiger partial charge on any atom is -0.475 e. The zero-order valence-corrected chi connectivity index (χ0v) is 18.0. The molecule has 2 N–H and O–H groups in total. The van der Waals surface area contributed by atoms with Gasteiger partial charge in [0, 0.05) is 32.2 Å². The molecule has 0 unspecified atom stereocenters. The number of benzene rings is 1. The molecule has 1 fully saturated rings. The van der Waals surface area contributed by atoms with Gasteiger partial charge >= 0.3 is 17.8 Å². The predicted molar refractivity (Wildman–Crippen MR) is 108 cm³/mol. The topological polar surface area (TPSA) is 114 Å². The van der Waals surface area contributed by atoms with E-state index in [0.29, 0.717) is 9.99 Å². The minimum atomic E-state index is -5.08. The molecule has 2 heterocycles. The molecule has 1 aromatic carbocycles. The number of nitrogens with one attached hydrogen (secondary N) is 1. The Labute approximate surface area is 178 Å². The number of carboxylic acid groups (broad SMARTS) is 1. The molecule has 0 amide bonds. The Morgan fingerprint density at radius 3 is 2.33 bits per heavy atom. The van der Waals surface area contributed by atoms with Crippen LogP contribution < -0.4 is 10.2 Å². The van der Waals surface area contributed by atoms with Crippen molar-refractivity contribution < 1.29 is 28.0 Å². The smallest absolute Gasteiger partial charge is 0.475 e. The molecule has 166 valence electrons. The summed E-state index contributed by atoms with van der Waals surface area (Å²) in [5.41, 5.74) is 2.17. The lowest BCUT2D eigenvalue weighted by Crippen LogP contribution is -2.44. The Bertz CT molecular complexity index is 955. The number of nitro benzene ring substituents is 1. The summed E-state index contributed by atoms with van der Waals surface area (Å²) in [5.74, 6) is -1.94. The van der Waals surface area contributed by atoms with Gasteiger partial charge in [0.2, 0.25) is 5.95 Å². The molecule has 1 aromatic heterocycles. The van der Waals surface area contributed by atoms with Gasteiger partial charge in [-0.1, -0.05) is 0 Å². The molecule has 1 aliphatic heterocycles. The maximum absolute atomic E-state index is 11.6. The van der Waals surface area contributed by atoms with Crippen molar-refractivity contribution >= 4 is 44.6 Å². The van der Waals surface area contributed by atoms with Gasteiger partial charge in [0.05, 0.1) is 10.4 Å². The van der Waals surface area contributed by atoms with Gasteiger partial charge in [-0.3, -0.25) is 10.1 Å². The van der Waals surface area contributed by atoms with E-state index < -0.39 is 12.1 Å². The van der Waals surface area contributed by atoms with Gasteiger partial charge in [-0.05, 0) is 48.3 Å². The molecule has 9 nitrogen and oxygen atoms in total. The number of halogens is 4. The highest BCUT2D eigenvalue weighted by Gasteiger charge is 2.38. The van der Waals surface area contributed by atoms with Gasteiger partial charge < -0.3 is 19.9 Å². The van der Waals surface area contributed by atoms with Crippen LogP contribution in [0.2, 0.25) is 0 Å². The van der Waals surface area contributed by atoms with Crippen LogP contribution in [0, 0.1) is 17.0 Å². The first-order valence-corrected chi connectivity index (χ1v) is 9.76. The molecule has 2 aromatic rings. The first-order chi connectivity index (χ1) is 13.9. The van der Waals surface area contributed by atoms with Crippen molar-refractivity contribution in [2.24, 2.45) is 0 Å². The first-order valence-electron chi connectivity index (χ1n) is 8.97. The molecular formula is C17H21BrF3N5O4. The van der Waals surface area contributed by atoms with Crippen molar-refractivity contribution in [1.29, 1.82) is 0 Å². The van der Waals surface area contributed by atoms with Crippen LogP contribution in [-0.2, 0) is 4.79 Å². The summed E-state index contributed by atoms with van der Waals surface area (Å²) >= 11 is 3.35. The van der Waals surface area contributed by atoms with Crippen molar-refractivity contribution in [1.82, 2.24) is 14.9 Å². The lowest BCUT2D eigenvalue weighted by molar-refractivity contribution is -0.384. The molecule has 0 aliphatic carbocycles. The molecule has 0 radical (unpaired) electrons. The van der Waals surface area contributed by atoms with E-state index in [-0.39, 0.29) is 16.7 Å². The molecule has 1 aliphatic rings. The predicted octanol–water partition coefficient (Wildman–Crippen LogP) is 3.64. The largest absolute Gasteiger partial charge is 0.490 e. The number of hydrogen-bond acceptors (Lipinski definition) is 6. The third-order valence-electron chi connectivity index (χ3n) is 4.40. The number of aliphatic carboxylic acids is 1. The van der Waals surface area contributed by atoms with E-state index in [4.69, 9.17) is 9.90 Å². The fourth-order valence-electron chi connectivity index (χ4n) is 3.07. The summed E-state index contributed by atoms with van der Waals surface area (Å²) in [5, 5.41) is 22.0. The molecule has 0 saturated carbocycles. The van der Waals surface area contributed by atoms with Crippen LogP contribution >= 0.6 is 15.9 Å². The first kappa shape index (κ1) is 23.9. The zero-order chi connectivity index (χ0) is 22.8. The van der Waals surface area contributed by atoms with Crippen molar-refractivity contribution in [3.05, 3.63) is 26.2 Å². The van der Waals surface area contributed by atoms with Gasteiger partial charge in [-0.15, -0.1) is 0 Å². The monoisotopic (exact) mass is 495 g/mol. The lowest BCUT2D eigenvalue weighted by Gasteiger charge is -2.29. The van der Waals surface area contributed by atoms with Crippen LogP contribution in [0.4, 0.5) is 24.8 Å². The number of nitro groups is 1. The van der Waals surface area contributed by atoms with Crippen LogP contribution in [0.25, 0.3) is 11.0 Å². The number of carbonyl (C=O) groups is 1.